The molecule has 0 heterocycles. The summed E-state index contributed by atoms with van der Waals surface area (Å²) in [6, 6.07) is 0. The maximum absolute atomic E-state index is 11.6. The zero-order chi connectivity index (χ0) is 26.1. The van der Waals surface area contributed by atoms with Gasteiger partial charge in [-0.05, 0) is 32.1 Å². The Morgan fingerprint density at radius 2 is 1.06 bits per heavy atom. The summed E-state index contributed by atoms with van der Waals surface area (Å²) >= 11 is 0. The number of nitrogens with two attached hydrogens (primary N) is 1. The summed E-state index contributed by atoms with van der Waals surface area (Å²) in [6.45, 7) is 5.21. The summed E-state index contributed by atoms with van der Waals surface area (Å²) < 4.78 is 26.4. The van der Waals surface area contributed by atoms with E-state index in [1.54, 1.807) is 0 Å². The maximum Gasteiger partial charge on any atom is 0.302 e. The molecule has 0 radical (unpaired) electrons. The van der Waals surface area contributed by atoms with E-state index in [1.165, 1.54) is 34.8 Å². The number of esters is 4. The number of hydrogen-bond acceptors (Lipinski definition) is 10. The number of hydrogen-bond donors (Lipinski definition) is 1. The van der Waals surface area contributed by atoms with E-state index in [1.807, 2.05) is 0 Å². The van der Waals surface area contributed by atoms with Crippen molar-refractivity contribution in [3.63, 3.8) is 0 Å². The molecule has 0 rings (SSSR count). The zero-order valence-corrected chi connectivity index (χ0v) is 20.8. The zero-order valence-electron chi connectivity index (χ0n) is 20.8. The third-order valence-corrected chi connectivity index (χ3v) is 4.86. The van der Waals surface area contributed by atoms with Gasteiger partial charge in [0.25, 0.3) is 0 Å². The quantitative estimate of drug-likeness (QED) is 0.223. The third-order valence-electron chi connectivity index (χ3n) is 4.86. The third kappa shape index (κ3) is 17.8. The average Bonchev–Trinajstić information content (AvgIpc) is 2.68. The van der Waals surface area contributed by atoms with Crippen LogP contribution < -0.4 is 5.73 Å². The predicted molar refractivity (Wildman–Crippen MR) is 120 cm³/mol. The smallest absolute Gasteiger partial charge is 0.302 e. The second-order valence-electron chi connectivity index (χ2n) is 8.12. The molecule has 0 aliphatic heterocycles. The van der Waals surface area contributed by atoms with E-state index in [9.17, 15) is 24.0 Å². The fraction of sp³-hybridized carbons (Fsp3) is 0.783. The molecule has 2 N–H and O–H groups in total. The van der Waals surface area contributed by atoms with E-state index < -0.39 is 54.2 Å². The second-order valence-corrected chi connectivity index (χ2v) is 8.12. The first kappa shape index (κ1) is 31.3. The molecule has 0 spiro atoms. The summed E-state index contributed by atoms with van der Waals surface area (Å²) in [4.78, 5) is 56.7. The van der Waals surface area contributed by atoms with Crippen LogP contribution in [0.5, 0.6) is 0 Å². The van der Waals surface area contributed by atoms with Gasteiger partial charge in [0.1, 0.15) is 24.9 Å². The van der Waals surface area contributed by atoms with Crippen LogP contribution in [0.15, 0.2) is 0 Å². The Bertz CT molecular complexity index is 666. The molecule has 0 saturated carbocycles. The first-order chi connectivity index (χ1) is 15.9. The molecular weight excluding hydrogens is 450 g/mol. The summed E-state index contributed by atoms with van der Waals surface area (Å²) in [6.07, 6.45) is 1.02. The lowest BCUT2D eigenvalue weighted by Gasteiger charge is -2.25. The van der Waals surface area contributed by atoms with Gasteiger partial charge in [-0.25, -0.2) is 0 Å². The first-order valence-electron chi connectivity index (χ1n) is 11.4. The van der Waals surface area contributed by atoms with Crippen LogP contribution in [-0.4, -0.2) is 67.9 Å². The van der Waals surface area contributed by atoms with Crippen LogP contribution in [0.1, 0.15) is 79.1 Å². The topological polar surface area (TPSA) is 158 Å². The monoisotopic (exact) mass is 489 g/mol. The van der Waals surface area contributed by atoms with E-state index in [-0.39, 0.29) is 19.4 Å². The van der Waals surface area contributed by atoms with Crippen molar-refractivity contribution in [2.75, 3.05) is 13.7 Å². The molecule has 0 saturated heterocycles. The van der Waals surface area contributed by atoms with Crippen molar-refractivity contribution in [3.8, 4) is 0 Å². The van der Waals surface area contributed by atoms with Crippen molar-refractivity contribution in [2.45, 2.75) is 103 Å². The molecule has 4 atom stereocenters. The van der Waals surface area contributed by atoms with Crippen LogP contribution in [0.3, 0.4) is 0 Å². The Kier molecular flexibility index (Phi) is 16.3. The van der Waals surface area contributed by atoms with Crippen LogP contribution in [0.2, 0.25) is 0 Å². The van der Waals surface area contributed by atoms with Gasteiger partial charge >= 0.3 is 23.9 Å². The van der Waals surface area contributed by atoms with E-state index in [0.717, 1.165) is 0 Å². The number of carbonyl (C=O) groups is 5. The van der Waals surface area contributed by atoms with Gasteiger partial charge in [-0.2, -0.15) is 0 Å². The molecule has 0 aromatic carbocycles. The number of rotatable bonds is 18. The molecule has 1 amide bonds. The van der Waals surface area contributed by atoms with Gasteiger partial charge in [0.05, 0.1) is 6.10 Å². The number of amides is 1. The van der Waals surface area contributed by atoms with Crippen molar-refractivity contribution >= 4 is 29.8 Å². The Balaban J connectivity index is 5.03. The molecule has 196 valence electrons. The van der Waals surface area contributed by atoms with E-state index in [2.05, 4.69) is 0 Å². The molecule has 0 fully saturated rings. The molecule has 0 aromatic heterocycles. The molecule has 0 aromatic rings. The largest absolute Gasteiger partial charge is 0.463 e. The van der Waals surface area contributed by atoms with Crippen molar-refractivity contribution in [1.29, 1.82) is 0 Å². The molecule has 11 heteroatoms. The molecule has 2 unspecified atom stereocenters. The minimum Gasteiger partial charge on any atom is -0.463 e. The van der Waals surface area contributed by atoms with E-state index in [0.29, 0.717) is 38.5 Å². The minimum atomic E-state index is -0.535. The minimum absolute atomic E-state index is 0.0367. The highest BCUT2D eigenvalue weighted by molar-refractivity contribution is 5.73. The molecule has 0 aliphatic carbocycles. The van der Waals surface area contributed by atoms with E-state index in [4.69, 9.17) is 29.4 Å². The summed E-state index contributed by atoms with van der Waals surface area (Å²) in [5.74, 6) is -2.28. The lowest BCUT2D eigenvalue weighted by Crippen LogP contribution is -2.29. The lowest BCUT2D eigenvalue weighted by molar-refractivity contribution is -0.153. The Morgan fingerprint density at radius 3 is 1.41 bits per heavy atom. The fourth-order valence-electron chi connectivity index (χ4n) is 3.48. The Labute approximate surface area is 200 Å². The Hall–Kier alpha value is -2.69. The first-order valence-corrected chi connectivity index (χ1v) is 11.4. The summed E-state index contributed by atoms with van der Waals surface area (Å²) in [5, 5.41) is 0. The molecular formula is C23H39NO10. The molecule has 34 heavy (non-hydrogen) atoms. The van der Waals surface area contributed by atoms with Gasteiger partial charge < -0.3 is 29.4 Å². The average molecular weight is 490 g/mol. The SMILES string of the molecule is CO[C@@H](COC(C)=O)C[C@@H](CCCC(CC(CCCC(N)=O)OC(C)=O)OC(C)=O)OC(C)=O. The standard InChI is InChI=1S/C23H39NO10/c1-15(25)31-14-22(30-5)13-21(34-18(4)28)9-6-8-19(32-16(2)26)12-20(33-17(3)27)10-7-11-23(24)29/h19-22H,6-14H2,1-5H3,(H2,24,29)/t19?,20?,21-,22-/m1/s1. The van der Waals surface area contributed by atoms with Crippen LogP contribution >= 0.6 is 0 Å². The molecule has 11 nitrogen and oxygen atoms in total. The highest BCUT2D eigenvalue weighted by Gasteiger charge is 2.24. The number of methoxy groups -OCH3 is 1. The van der Waals surface area contributed by atoms with Gasteiger partial charge in [-0.1, -0.05) is 0 Å². The van der Waals surface area contributed by atoms with Crippen molar-refractivity contribution in [2.24, 2.45) is 5.73 Å². The highest BCUT2D eigenvalue weighted by atomic mass is 16.6. The fourth-order valence-corrected chi connectivity index (χ4v) is 3.48. The maximum atomic E-state index is 11.6. The number of ether oxygens (including phenoxy) is 5. The van der Waals surface area contributed by atoms with Crippen LogP contribution in [0.4, 0.5) is 0 Å². The van der Waals surface area contributed by atoms with Crippen LogP contribution in [0.25, 0.3) is 0 Å². The summed E-state index contributed by atoms with van der Waals surface area (Å²) in [7, 11) is 1.48. The van der Waals surface area contributed by atoms with Crippen LogP contribution in [-0.2, 0) is 47.7 Å². The Morgan fingerprint density at radius 1 is 0.647 bits per heavy atom. The van der Waals surface area contributed by atoms with Gasteiger partial charge in [0, 0.05) is 54.1 Å². The van der Waals surface area contributed by atoms with Crippen molar-refractivity contribution in [3.05, 3.63) is 0 Å². The van der Waals surface area contributed by atoms with E-state index >= 15 is 0 Å². The predicted octanol–water partition coefficient (Wildman–Crippen LogP) is 1.97. The number of carbonyl (C=O) groups excluding carboxylic acids is 5. The molecule has 0 aliphatic rings. The highest BCUT2D eigenvalue weighted by Crippen LogP contribution is 2.21. The number of primary amides is 1. The van der Waals surface area contributed by atoms with Crippen LogP contribution in [0, 0.1) is 0 Å². The van der Waals surface area contributed by atoms with Crippen molar-refractivity contribution < 1.29 is 47.7 Å². The molecule has 0 bridgehead atoms. The van der Waals surface area contributed by atoms with Gasteiger partial charge in [-0.3, -0.25) is 24.0 Å². The second kappa shape index (κ2) is 17.7. The van der Waals surface area contributed by atoms with Gasteiger partial charge in [0.2, 0.25) is 5.91 Å². The normalized spacial score (nSPS) is 14.3. The van der Waals surface area contributed by atoms with Gasteiger partial charge in [-0.15, -0.1) is 0 Å². The van der Waals surface area contributed by atoms with Gasteiger partial charge in [0.15, 0.2) is 0 Å². The van der Waals surface area contributed by atoms with Crippen molar-refractivity contribution in [1.82, 2.24) is 0 Å². The summed E-state index contributed by atoms with van der Waals surface area (Å²) in [5.41, 5.74) is 5.17. The lowest BCUT2D eigenvalue weighted by atomic mass is 9.99.